The van der Waals surface area contributed by atoms with Crippen molar-refractivity contribution in [2.75, 3.05) is 25.0 Å². The molecule has 2 aromatic carbocycles. The molecule has 0 saturated carbocycles. The number of fused-ring (bicyclic) bond motifs is 2. The summed E-state index contributed by atoms with van der Waals surface area (Å²) < 4.78 is 5.54. The molecule has 1 saturated heterocycles. The maximum Gasteiger partial charge on any atom is 0.260 e. The van der Waals surface area contributed by atoms with E-state index in [1.54, 1.807) is 29.2 Å². The number of amides is 2. The summed E-state index contributed by atoms with van der Waals surface area (Å²) in [6, 6.07) is 16.7. The van der Waals surface area contributed by atoms with E-state index in [9.17, 15) is 9.59 Å². The van der Waals surface area contributed by atoms with E-state index >= 15 is 0 Å². The van der Waals surface area contributed by atoms with Crippen molar-refractivity contribution in [3.63, 3.8) is 0 Å². The Morgan fingerprint density at radius 3 is 2.63 bits per heavy atom. The third-order valence-electron chi connectivity index (χ3n) is 5.45. The summed E-state index contributed by atoms with van der Waals surface area (Å²) in [4.78, 5) is 26.8. The van der Waals surface area contributed by atoms with Crippen LogP contribution in [0, 0.1) is 11.3 Å². The summed E-state index contributed by atoms with van der Waals surface area (Å²) in [5.74, 6) is 0.296. The van der Waals surface area contributed by atoms with Crippen LogP contribution in [0.4, 0.5) is 5.69 Å². The first-order valence-electron chi connectivity index (χ1n) is 8.95. The van der Waals surface area contributed by atoms with Gasteiger partial charge in [0, 0.05) is 18.8 Å². The highest BCUT2D eigenvalue weighted by molar-refractivity contribution is 6.06. The van der Waals surface area contributed by atoms with Gasteiger partial charge in [-0.15, -0.1) is 0 Å². The maximum absolute atomic E-state index is 12.6. The molecule has 2 aliphatic heterocycles. The van der Waals surface area contributed by atoms with E-state index in [0.29, 0.717) is 37.2 Å². The van der Waals surface area contributed by atoms with Crippen LogP contribution in [-0.2, 0) is 15.0 Å². The van der Waals surface area contributed by atoms with Gasteiger partial charge in [-0.1, -0.05) is 30.3 Å². The van der Waals surface area contributed by atoms with Crippen LogP contribution in [0.1, 0.15) is 24.0 Å². The van der Waals surface area contributed by atoms with Crippen LogP contribution in [0.25, 0.3) is 0 Å². The average Bonchev–Trinajstić information content (AvgIpc) is 2.98. The summed E-state index contributed by atoms with van der Waals surface area (Å²) in [7, 11) is 0. The van der Waals surface area contributed by atoms with E-state index in [1.165, 1.54) is 0 Å². The number of anilines is 1. The number of piperidine rings is 1. The van der Waals surface area contributed by atoms with Crippen LogP contribution in [0.2, 0.25) is 0 Å². The van der Waals surface area contributed by atoms with Crippen LogP contribution in [0.15, 0.2) is 48.5 Å². The lowest BCUT2D eigenvalue weighted by Gasteiger charge is -2.37. The number of hydrogen-bond acceptors (Lipinski definition) is 4. The molecule has 0 atom stereocenters. The van der Waals surface area contributed by atoms with Crippen molar-refractivity contribution in [2.45, 2.75) is 18.3 Å². The second-order valence-electron chi connectivity index (χ2n) is 6.86. The predicted octanol–water partition coefficient (Wildman–Crippen LogP) is 2.45. The molecule has 2 amide bonds. The number of likely N-dealkylation sites (tertiary alicyclic amines) is 1. The molecule has 0 radical (unpaired) electrons. The molecular formula is C21H19N3O3. The number of carbonyl (C=O) groups excluding carboxylic acids is 2. The first kappa shape index (κ1) is 17.1. The summed E-state index contributed by atoms with van der Waals surface area (Å²) in [6.07, 6.45) is 1.19. The monoisotopic (exact) mass is 361 g/mol. The van der Waals surface area contributed by atoms with Crippen molar-refractivity contribution >= 4 is 17.5 Å². The van der Waals surface area contributed by atoms with E-state index in [-0.39, 0.29) is 18.4 Å². The number of para-hydroxylation sites is 2. The van der Waals surface area contributed by atoms with E-state index in [1.807, 2.05) is 24.3 Å². The molecule has 4 rings (SSSR count). The Morgan fingerprint density at radius 1 is 1.15 bits per heavy atom. The molecule has 136 valence electrons. The Labute approximate surface area is 157 Å². The largest absolute Gasteiger partial charge is 0.482 e. The van der Waals surface area contributed by atoms with E-state index < -0.39 is 5.41 Å². The van der Waals surface area contributed by atoms with Crippen LogP contribution < -0.4 is 10.1 Å². The highest BCUT2D eigenvalue weighted by Gasteiger charge is 2.48. The SMILES string of the molecule is N#Cc1ccccc1OCC(=O)N1CCC2(CC1)C(=O)Nc1ccccc12. The third-order valence-corrected chi connectivity index (χ3v) is 5.45. The minimum Gasteiger partial charge on any atom is -0.482 e. The van der Waals surface area contributed by atoms with E-state index in [0.717, 1.165) is 11.3 Å². The Kier molecular flexibility index (Phi) is 4.28. The second-order valence-corrected chi connectivity index (χ2v) is 6.86. The van der Waals surface area contributed by atoms with Crippen LogP contribution in [0.5, 0.6) is 5.75 Å². The standard InChI is InChI=1S/C21H19N3O3/c22-13-15-5-1-4-8-18(15)27-14-19(25)24-11-9-21(10-12-24)16-6-2-3-7-17(16)23-20(21)26/h1-8H,9-12,14H2,(H,23,26). The number of hydrogen-bond donors (Lipinski definition) is 1. The molecule has 0 aliphatic carbocycles. The third kappa shape index (κ3) is 2.91. The molecule has 0 unspecified atom stereocenters. The van der Waals surface area contributed by atoms with Crippen molar-refractivity contribution in [3.05, 3.63) is 59.7 Å². The number of nitrogens with one attached hydrogen (secondary N) is 1. The maximum atomic E-state index is 12.6. The van der Waals surface area contributed by atoms with Gasteiger partial charge in [0.2, 0.25) is 5.91 Å². The highest BCUT2D eigenvalue weighted by Crippen LogP contribution is 2.44. The van der Waals surface area contributed by atoms with Gasteiger partial charge in [-0.25, -0.2) is 0 Å². The fraction of sp³-hybridized carbons (Fsp3) is 0.286. The van der Waals surface area contributed by atoms with Crippen LogP contribution >= 0.6 is 0 Å². The molecular weight excluding hydrogens is 342 g/mol. The number of benzene rings is 2. The molecule has 2 aliphatic rings. The lowest BCUT2D eigenvalue weighted by atomic mass is 9.73. The van der Waals surface area contributed by atoms with Crippen molar-refractivity contribution < 1.29 is 14.3 Å². The first-order chi connectivity index (χ1) is 13.1. The predicted molar refractivity (Wildman–Crippen MR) is 99.2 cm³/mol. The zero-order valence-electron chi connectivity index (χ0n) is 14.8. The van der Waals surface area contributed by atoms with Gasteiger partial charge in [0.25, 0.3) is 5.91 Å². The first-order valence-corrected chi connectivity index (χ1v) is 8.95. The molecule has 2 heterocycles. The summed E-state index contributed by atoms with van der Waals surface area (Å²) >= 11 is 0. The lowest BCUT2D eigenvalue weighted by Crippen LogP contribution is -2.49. The summed E-state index contributed by atoms with van der Waals surface area (Å²) in [6.45, 7) is 0.891. The summed E-state index contributed by atoms with van der Waals surface area (Å²) in [5, 5.41) is 12.1. The fourth-order valence-electron chi connectivity index (χ4n) is 3.92. The van der Waals surface area contributed by atoms with Crippen LogP contribution in [0.3, 0.4) is 0 Å². The Hall–Kier alpha value is -3.33. The van der Waals surface area contributed by atoms with Crippen molar-refractivity contribution in [3.8, 4) is 11.8 Å². The van der Waals surface area contributed by atoms with Crippen molar-refractivity contribution in [2.24, 2.45) is 0 Å². The van der Waals surface area contributed by atoms with E-state index in [2.05, 4.69) is 11.4 Å². The Morgan fingerprint density at radius 2 is 1.85 bits per heavy atom. The normalized spacial score (nSPS) is 17.1. The fourth-order valence-corrected chi connectivity index (χ4v) is 3.92. The zero-order valence-corrected chi connectivity index (χ0v) is 14.8. The van der Waals surface area contributed by atoms with Gasteiger partial charge in [-0.3, -0.25) is 9.59 Å². The quantitative estimate of drug-likeness (QED) is 0.910. The second kappa shape index (κ2) is 6.76. The highest BCUT2D eigenvalue weighted by atomic mass is 16.5. The van der Waals surface area contributed by atoms with Gasteiger partial charge in [0.1, 0.15) is 11.8 Å². The number of nitrogens with zero attached hydrogens (tertiary/aromatic N) is 2. The molecule has 27 heavy (non-hydrogen) atoms. The number of rotatable bonds is 3. The molecule has 2 aromatic rings. The topological polar surface area (TPSA) is 82.4 Å². The average molecular weight is 361 g/mol. The van der Waals surface area contributed by atoms with Gasteiger partial charge >= 0.3 is 0 Å². The summed E-state index contributed by atoms with van der Waals surface area (Å²) in [5.41, 5.74) is 1.77. The van der Waals surface area contributed by atoms with E-state index in [4.69, 9.17) is 10.00 Å². The lowest BCUT2D eigenvalue weighted by molar-refractivity contribution is -0.137. The van der Waals surface area contributed by atoms with Crippen molar-refractivity contribution in [1.82, 2.24) is 4.90 Å². The minimum absolute atomic E-state index is 0.0231. The minimum atomic E-state index is -0.540. The zero-order chi connectivity index (χ0) is 18.9. The van der Waals surface area contributed by atoms with Crippen molar-refractivity contribution in [1.29, 1.82) is 5.26 Å². The molecule has 1 fully saturated rings. The number of ether oxygens (including phenoxy) is 1. The van der Waals surface area contributed by atoms with Gasteiger partial charge in [0.05, 0.1) is 11.0 Å². The number of carbonyl (C=O) groups is 2. The Bertz CT molecular complexity index is 940. The molecule has 1 N–H and O–H groups in total. The van der Waals surface area contributed by atoms with Gasteiger partial charge < -0.3 is 15.0 Å². The molecule has 6 nitrogen and oxygen atoms in total. The molecule has 1 spiro atoms. The molecule has 0 aromatic heterocycles. The Balaban J connectivity index is 1.40. The van der Waals surface area contributed by atoms with Crippen LogP contribution in [-0.4, -0.2) is 36.4 Å². The van der Waals surface area contributed by atoms with Gasteiger partial charge in [-0.05, 0) is 36.6 Å². The van der Waals surface area contributed by atoms with Gasteiger partial charge in [-0.2, -0.15) is 5.26 Å². The molecule has 6 heteroatoms. The van der Waals surface area contributed by atoms with Gasteiger partial charge in [0.15, 0.2) is 6.61 Å². The number of nitriles is 1. The smallest absolute Gasteiger partial charge is 0.260 e. The molecule has 0 bridgehead atoms.